The third kappa shape index (κ3) is 3.64. The lowest BCUT2D eigenvalue weighted by Crippen LogP contribution is -2.48. The highest BCUT2D eigenvalue weighted by molar-refractivity contribution is 5.83. The summed E-state index contributed by atoms with van der Waals surface area (Å²) >= 11 is 0. The van der Waals surface area contributed by atoms with Crippen LogP contribution in [-0.4, -0.2) is 49.9 Å². The van der Waals surface area contributed by atoms with E-state index in [1.165, 1.54) is 5.39 Å². The van der Waals surface area contributed by atoms with Crippen molar-refractivity contribution < 1.29 is 14.6 Å². The Morgan fingerprint density at radius 1 is 1.22 bits per heavy atom. The van der Waals surface area contributed by atoms with Gasteiger partial charge in [-0.25, -0.2) is 0 Å². The van der Waals surface area contributed by atoms with Crippen LogP contribution >= 0.6 is 0 Å². The van der Waals surface area contributed by atoms with E-state index in [4.69, 9.17) is 4.74 Å². The SMILES string of the molecule is Cc1nnc2n1CC(C(=O)O)N(CCCOc1ccc3ccccc3c1)C2. The van der Waals surface area contributed by atoms with Crippen molar-refractivity contribution in [2.75, 3.05) is 13.2 Å². The lowest BCUT2D eigenvalue weighted by atomic mass is 10.1. The molecule has 7 heteroatoms. The Hall–Kier alpha value is -2.93. The Bertz CT molecular complexity index is 969. The van der Waals surface area contributed by atoms with Crippen LogP contribution < -0.4 is 4.74 Å². The molecule has 1 aliphatic rings. The maximum atomic E-state index is 11.7. The molecule has 0 radical (unpaired) electrons. The summed E-state index contributed by atoms with van der Waals surface area (Å²) in [4.78, 5) is 13.6. The first-order valence-corrected chi connectivity index (χ1v) is 9.09. The van der Waals surface area contributed by atoms with Gasteiger partial charge in [0, 0.05) is 6.54 Å². The fourth-order valence-corrected chi connectivity index (χ4v) is 3.54. The van der Waals surface area contributed by atoms with Crippen LogP contribution in [0.15, 0.2) is 42.5 Å². The second-order valence-electron chi connectivity index (χ2n) is 6.81. The average molecular weight is 366 g/mol. The Labute approximate surface area is 157 Å². The second-order valence-corrected chi connectivity index (χ2v) is 6.81. The number of hydrogen-bond donors (Lipinski definition) is 1. The van der Waals surface area contributed by atoms with E-state index in [0.717, 1.165) is 29.2 Å². The van der Waals surface area contributed by atoms with E-state index in [1.54, 1.807) is 0 Å². The number of ether oxygens (including phenoxy) is 1. The number of rotatable bonds is 6. The molecule has 1 atom stereocenters. The highest BCUT2D eigenvalue weighted by atomic mass is 16.5. The van der Waals surface area contributed by atoms with Crippen molar-refractivity contribution in [3.8, 4) is 5.75 Å². The fourth-order valence-electron chi connectivity index (χ4n) is 3.54. The van der Waals surface area contributed by atoms with E-state index in [-0.39, 0.29) is 0 Å². The molecule has 1 aliphatic heterocycles. The van der Waals surface area contributed by atoms with Crippen LogP contribution in [0.3, 0.4) is 0 Å². The Kier molecular flexibility index (Phi) is 4.77. The van der Waals surface area contributed by atoms with Crippen molar-refractivity contribution in [1.29, 1.82) is 0 Å². The lowest BCUT2D eigenvalue weighted by molar-refractivity contribution is -0.145. The predicted octanol–water partition coefficient (Wildman–Crippen LogP) is 2.48. The number of carboxylic acids is 1. The van der Waals surface area contributed by atoms with Gasteiger partial charge in [0.25, 0.3) is 0 Å². The van der Waals surface area contributed by atoms with Crippen LogP contribution in [-0.2, 0) is 17.9 Å². The minimum Gasteiger partial charge on any atom is -0.494 e. The molecule has 2 heterocycles. The monoisotopic (exact) mass is 366 g/mol. The van der Waals surface area contributed by atoms with Crippen molar-refractivity contribution in [3.05, 3.63) is 54.1 Å². The van der Waals surface area contributed by atoms with Gasteiger partial charge in [0.1, 0.15) is 23.4 Å². The Morgan fingerprint density at radius 3 is 2.85 bits per heavy atom. The third-order valence-electron chi connectivity index (χ3n) is 5.02. The summed E-state index contributed by atoms with van der Waals surface area (Å²) in [7, 11) is 0. The number of carboxylic acid groups (broad SMARTS) is 1. The van der Waals surface area contributed by atoms with Gasteiger partial charge in [0.2, 0.25) is 0 Å². The molecule has 0 bridgehead atoms. The number of nitrogens with zero attached hydrogens (tertiary/aromatic N) is 4. The minimum atomic E-state index is -0.816. The molecule has 0 spiro atoms. The number of carbonyl (C=O) groups is 1. The molecule has 0 amide bonds. The van der Waals surface area contributed by atoms with Crippen molar-refractivity contribution in [2.24, 2.45) is 0 Å². The molecule has 0 saturated carbocycles. The number of hydrogen-bond acceptors (Lipinski definition) is 5. The molecule has 0 aliphatic carbocycles. The van der Waals surface area contributed by atoms with E-state index in [1.807, 2.05) is 46.7 Å². The zero-order valence-corrected chi connectivity index (χ0v) is 15.2. The van der Waals surface area contributed by atoms with Crippen LogP contribution in [0, 0.1) is 6.92 Å². The second kappa shape index (κ2) is 7.36. The van der Waals surface area contributed by atoms with Crippen LogP contribution in [0.2, 0.25) is 0 Å². The smallest absolute Gasteiger partial charge is 0.322 e. The molecule has 1 N–H and O–H groups in total. The number of fused-ring (bicyclic) bond motifs is 2. The van der Waals surface area contributed by atoms with Crippen molar-refractivity contribution >= 4 is 16.7 Å². The van der Waals surface area contributed by atoms with E-state index in [9.17, 15) is 9.90 Å². The summed E-state index contributed by atoms with van der Waals surface area (Å²) in [5.41, 5.74) is 0. The van der Waals surface area contributed by atoms with Gasteiger partial charge >= 0.3 is 5.97 Å². The normalized spacial score (nSPS) is 17.0. The van der Waals surface area contributed by atoms with Gasteiger partial charge in [-0.3, -0.25) is 9.69 Å². The summed E-state index contributed by atoms with van der Waals surface area (Å²) in [6.45, 7) is 3.90. The molecule has 0 saturated heterocycles. The molecule has 7 nitrogen and oxygen atoms in total. The van der Waals surface area contributed by atoms with Crippen molar-refractivity contribution in [3.63, 3.8) is 0 Å². The number of benzene rings is 2. The first-order chi connectivity index (χ1) is 13.1. The molecule has 3 aromatic rings. The quantitative estimate of drug-likeness (QED) is 0.675. The van der Waals surface area contributed by atoms with Gasteiger partial charge in [0.05, 0.1) is 19.7 Å². The molecular weight excluding hydrogens is 344 g/mol. The van der Waals surface area contributed by atoms with Crippen LogP contribution in [0.5, 0.6) is 5.75 Å². The van der Waals surface area contributed by atoms with E-state index < -0.39 is 12.0 Å². The zero-order valence-electron chi connectivity index (χ0n) is 15.2. The minimum absolute atomic E-state index is 0.384. The molecular formula is C20H22N4O3. The number of aliphatic carboxylic acids is 1. The lowest BCUT2D eigenvalue weighted by Gasteiger charge is -2.33. The topological polar surface area (TPSA) is 80.5 Å². The van der Waals surface area contributed by atoms with Gasteiger partial charge < -0.3 is 14.4 Å². The molecule has 140 valence electrons. The van der Waals surface area contributed by atoms with Gasteiger partial charge in [-0.1, -0.05) is 30.3 Å². The maximum Gasteiger partial charge on any atom is 0.322 e. The van der Waals surface area contributed by atoms with Gasteiger partial charge in [-0.05, 0) is 36.2 Å². The summed E-state index contributed by atoms with van der Waals surface area (Å²) in [6, 6.07) is 13.6. The first kappa shape index (κ1) is 17.5. The maximum absolute atomic E-state index is 11.7. The standard InChI is InChI=1S/C20H22N4O3/c1-14-21-22-19-13-23(18(20(25)26)12-24(14)19)9-4-10-27-17-8-7-15-5-2-3-6-16(15)11-17/h2-3,5-8,11,18H,4,9-10,12-13H2,1H3,(H,25,26). The molecule has 27 heavy (non-hydrogen) atoms. The Morgan fingerprint density at radius 2 is 2.04 bits per heavy atom. The summed E-state index contributed by atoms with van der Waals surface area (Å²) in [5.74, 6) is 1.60. The molecule has 0 fully saturated rings. The van der Waals surface area contributed by atoms with Gasteiger partial charge in [-0.15, -0.1) is 10.2 Å². The third-order valence-corrected chi connectivity index (χ3v) is 5.02. The van der Waals surface area contributed by atoms with Gasteiger partial charge in [-0.2, -0.15) is 0 Å². The summed E-state index contributed by atoms with van der Waals surface area (Å²) in [6.07, 6.45) is 0.740. The van der Waals surface area contributed by atoms with Crippen LogP contribution in [0.25, 0.3) is 10.8 Å². The van der Waals surface area contributed by atoms with Crippen molar-refractivity contribution in [2.45, 2.75) is 32.5 Å². The average Bonchev–Trinajstić information content (AvgIpc) is 3.04. The largest absolute Gasteiger partial charge is 0.494 e. The van der Waals surface area contributed by atoms with Crippen LogP contribution in [0.4, 0.5) is 0 Å². The first-order valence-electron chi connectivity index (χ1n) is 9.09. The molecule has 1 unspecified atom stereocenters. The molecule has 4 rings (SSSR count). The summed E-state index contributed by atoms with van der Waals surface area (Å²) in [5, 5.41) is 20.1. The van der Waals surface area contributed by atoms with Gasteiger partial charge in [0.15, 0.2) is 0 Å². The fraction of sp³-hybridized carbons (Fsp3) is 0.350. The highest BCUT2D eigenvalue weighted by Gasteiger charge is 2.32. The van der Waals surface area contributed by atoms with E-state index >= 15 is 0 Å². The van der Waals surface area contributed by atoms with E-state index in [2.05, 4.69) is 22.3 Å². The number of aromatic nitrogens is 3. The predicted molar refractivity (Wildman–Crippen MR) is 101 cm³/mol. The highest BCUT2D eigenvalue weighted by Crippen LogP contribution is 2.21. The zero-order chi connectivity index (χ0) is 18.8. The molecule has 2 aromatic carbocycles. The van der Waals surface area contributed by atoms with Crippen LogP contribution in [0.1, 0.15) is 18.1 Å². The van der Waals surface area contributed by atoms with Crippen molar-refractivity contribution in [1.82, 2.24) is 19.7 Å². The van der Waals surface area contributed by atoms with E-state index in [0.29, 0.717) is 26.2 Å². The summed E-state index contributed by atoms with van der Waals surface area (Å²) < 4.78 is 7.76. The number of aryl methyl sites for hydroxylation is 1. The molecule has 1 aromatic heterocycles. The Balaban J connectivity index is 1.35.